The molecule has 2 atom stereocenters. The first-order valence-electron chi connectivity index (χ1n) is 16.8. The number of anilines is 2. The minimum Gasteiger partial charge on any atom is -0.382 e. The number of benzene rings is 2. The maximum Gasteiger partial charge on any atom is 0.296 e. The zero-order valence-electron chi connectivity index (χ0n) is 31.1. The number of azo groups is 2. The second-order valence-corrected chi connectivity index (χ2v) is 15.6. The fourth-order valence-corrected chi connectivity index (χ4v) is 6.42. The lowest BCUT2D eigenvalue weighted by atomic mass is 10.2. The molecule has 0 radical (unpaired) electrons. The lowest BCUT2D eigenvalue weighted by molar-refractivity contribution is 0.147. The molecule has 17 nitrogen and oxygen atoms in total. The van der Waals surface area contributed by atoms with Crippen LogP contribution in [0.4, 0.5) is 34.4 Å². The van der Waals surface area contributed by atoms with E-state index < -0.39 is 42.3 Å². The molecule has 1 aromatic heterocycles. The van der Waals surface area contributed by atoms with Gasteiger partial charge in [0.1, 0.15) is 33.9 Å². The molecule has 5 N–H and O–H groups in total. The van der Waals surface area contributed by atoms with E-state index in [1.807, 2.05) is 45.1 Å². The third kappa shape index (κ3) is 15.5. The van der Waals surface area contributed by atoms with Crippen molar-refractivity contribution < 1.29 is 35.2 Å². The minimum atomic E-state index is -4.87. The summed E-state index contributed by atoms with van der Waals surface area (Å²) in [5.74, 6) is 0.408. The summed E-state index contributed by atoms with van der Waals surface area (Å²) in [6.07, 6.45) is 7.28. The summed E-state index contributed by atoms with van der Waals surface area (Å²) in [6, 6.07) is 11.0. The number of allylic oxidation sites excluding steroid dienone is 3. The number of hydrogen-bond donors (Lipinski definition) is 5. The lowest BCUT2D eigenvalue weighted by Gasteiger charge is -2.21. The predicted molar refractivity (Wildman–Crippen MR) is 221 cm³/mol. The Labute approximate surface area is 335 Å². The van der Waals surface area contributed by atoms with Crippen LogP contribution in [-0.2, 0) is 36.7 Å². The van der Waals surface area contributed by atoms with Crippen LogP contribution in [0, 0.1) is 11.3 Å². The molecule has 0 fully saturated rings. The third-order valence-corrected chi connectivity index (χ3v) is 10.1. The van der Waals surface area contributed by atoms with Crippen molar-refractivity contribution in [1.29, 1.82) is 5.26 Å². The largest absolute Gasteiger partial charge is 0.382 e. The Hall–Kier alpha value is -4.66. The van der Waals surface area contributed by atoms with Crippen LogP contribution in [0.5, 0.6) is 0 Å². The monoisotopic (exact) mass is 848 g/mol. The molecule has 2 unspecified atom stereocenters. The highest BCUT2D eigenvalue weighted by Gasteiger charge is 2.21. The van der Waals surface area contributed by atoms with Crippen molar-refractivity contribution in [1.82, 2.24) is 4.98 Å². The normalized spacial score (nSPS) is 13.0. The average Bonchev–Trinajstić information content (AvgIpc) is 3.18. The Balaban J connectivity index is 0.00000107. The summed E-state index contributed by atoms with van der Waals surface area (Å²) in [5, 5.41) is 30.0. The Bertz CT molecular complexity index is 2170. The molecule has 3 rings (SSSR count). The molecular weight excluding hydrogens is 805 g/mol. The van der Waals surface area contributed by atoms with Gasteiger partial charge in [-0.25, -0.2) is 4.21 Å². The van der Waals surface area contributed by atoms with Gasteiger partial charge in [-0.15, -0.1) is 10.2 Å². The van der Waals surface area contributed by atoms with Crippen LogP contribution in [0.3, 0.4) is 0 Å². The number of nitriles is 1. The van der Waals surface area contributed by atoms with Crippen LogP contribution in [0.25, 0.3) is 0 Å². The van der Waals surface area contributed by atoms with E-state index in [2.05, 4.69) is 37.3 Å². The van der Waals surface area contributed by atoms with Gasteiger partial charge in [0.05, 0.1) is 16.3 Å². The van der Waals surface area contributed by atoms with Gasteiger partial charge in [0, 0.05) is 66.9 Å². The van der Waals surface area contributed by atoms with E-state index in [9.17, 15) is 31.4 Å². The smallest absolute Gasteiger partial charge is 0.296 e. The van der Waals surface area contributed by atoms with E-state index in [4.69, 9.17) is 13.8 Å². The number of nitrogens with zero attached hydrogens (tertiary/aromatic N) is 6. The molecule has 0 aliphatic rings. The molecule has 0 amide bonds. The maximum atomic E-state index is 13.5. The van der Waals surface area contributed by atoms with Gasteiger partial charge in [0.15, 0.2) is 16.8 Å². The van der Waals surface area contributed by atoms with Gasteiger partial charge in [0.25, 0.3) is 10.1 Å². The van der Waals surface area contributed by atoms with E-state index in [1.54, 1.807) is 11.9 Å². The molecule has 302 valence electrons. The molecule has 0 saturated heterocycles. The van der Waals surface area contributed by atoms with E-state index in [0.717, 1.165) is 29.4 Å². The summed E-state index contributed by atoms with van der Waals surface area (Å²) in [6.45, 7) is 10.8. The molecule has 2 aromatic carbocycles. The van der Waals surface area contributed by atoms with Gasteiger partial charge >= 0.3 is 0 Å². The molecule has 0 aliphatic heterocycles. The van der Waals surface area contributed by atoms with Gasteiger partial charge in [-0.05, 0) is 74.6 Å². The molecule has 0 bridgehead atoms. The second kappa shape index (κ2) is 24.8. The summed E-state index contributed by atoms with van der Waals surface area (Å²) in [7, 11) is -4.58. The summed E-state index contributed by atoms with van der Waals surface area (Å²) >= 11 is -1.38. The number of nitrogens with one attached hydrogen (secondary N) is 2. The zero-order chi connectivity index (χ0) is 41.7. The topological polar surface area (TPSA) is 260 Å². The first kappa shape index (κ1) is 47.5. The molecular formula is C35H44N8O9S4. The van der Waals surface area contributed by atoms with Crippen molar-refractivity contribution in [3.05, 3.63) is 93.4 Å². The highest BCUT2D eigenvalue weighted by Crippen LogP contribution is 2.33. The van der Waals surface area contributed by atoms with Crippen LogP contribution in [0.15, 0.2) is 113 Å². The van der Waals surface area contributed by atoms with Gasteiger partial charge in [-0.3, -0.25) is 13.6 Å². The number of pyridine rings is 1. The maximum absolute atomic E-state index is 13.5. The van der Waals surface area contributed by atoms with E-state index in [1.165, 1.54) is 41.8 Å². The van der Waals surface area contributed by atoms with Gasteiger partial charge in [0.2, 0.25) is 5.43 Å². The molecule has 0 spiro atoms. The van der Waals surface area contributed by atoms with Crippen molar-refractivity contribution in [3.8, 4) is 6.07 Å². The Morgan fingerprint density at radius 3 is 2.38 bits per heavy atom. The van der Waals surface area contributed by atoms with E-state index >= 15 is 0 Å². The number of hydrogen-bond acceptors (Lipinski definition) is 15. The molecule has 0 saturated carbocycles. The SMILES string of the molecule is C/C=C\C(=C/CC)SO.C=CS(=O)CCN(C)c1[nH]c(NCCCOCC)c(N=Nc2ccc(N=Nc3ccc(S(=O)O)cc3)cc2S(=O)(=O)O)c(=O)c1C#N. The van der Waals surface area contributed by atoms with Gasteiger partial charge < -0.3 is 29.0 Å². The fraction of sp³-hybridized carbons (Fsp3) is 0.314. The van der Waals surface area contributed by atoms with Crippen LogP contribution >= 0.6 is 12.0 Å². The summed E-state index contributed by atoms with van der Waals surface area (Å²) < 4.78 is 80.6. The van der Waals surface area contributed by atoms with Crippen LogP contribution in [-0.4, -0.2) is 74.6 Å². The predicted octanol–water partition coefficient (Wildman–Crippen LogP) is 8.13. The molecule has 56 heavy (non-hydrogen) atoms. The van der Waals surface area contributed by atoms with Crippen molar-refractivity contribution in [2.24, 2.45) is 20.5 Å². The van der Waals surface area contributed by atoms with Crippen molar-refractivity contribution in [2.75, 3.05) is 49.3 Å². The standard InChI is InChI=1S/C28H32N8O8S3.C7H12OS/c1-4-44-15-6-13-30-27-25(26(37)22(18-29)28(31-27)36(3)14-16-45(38)5-2)35-34-23-12-9-20(17-24(23)47(41,42)43)33-32-19-7-10-21(11-8-19)46(39)40;1-3-5-7(9-8)6-4-2/h5,7-12,17H,2,4,6,13-16H2,1,3H3,(H,39,40)(H2,30,31,37)(H,41,42,43);3,5-6,8H,4H2,1-2H3/b;5-3-,7-6+. The van der Waals surface area contributed by atoms with Crippen molar-refractivity contribution >= 4 is 78.4 Å². The second-order valence-electron chi connectivity index (χ2n) is 11.0. The Kier molecular flexibility index (Phi) is 21.0. The van der Waals surface area contributed by atoms with Crippen molar-refractivity contribution in [3.63, 3.8) is 0 Å². The number of rotatable bonds is 20. The van der Waals surface area contributed by atoms with Crippen molar-refractivity contribution in [2.45, 2.75) is 43.4 Å². The number of aromatic amines is 1. The van der Waals surface area contributed by atoms with Crippen LogP contribution in [0.2, 0.25) is 0 Å². The molecule has 3 aromatic rings. The number of H-pyrrole nitrogens is 1. The number of aromatic nitrogens is 1. The van der Waals surface area contributed by atoms with Crippen LogP contribution < -0.4 is 15.6 Å². The Morgan fingerprint density at radius 1 is 1.12 bits per heavy atom. The minimum absolute atomic E-state index is 0.0115. The summed E-state index contributed by atoms with van der Waals surface area (Å²) in [4.78, 5) is 18.4. The number of ether oxygens (including phenoxy) is 1. The Morgan fingerprint density at radius 2 is 1.80 bits per heavy atom. The fourth-order valence-electron chi connectivity index (χ4n) is 4.35. The van der Waals surface area contributed by atoms with Crippen LogP contribution in [0.1, 0.15) is 39.2 Å². The third-order valence-electron chi connectivity index (χ3n) is 7.08. The van der Waals surface area contributed by atoms with Gasteiger partial charge in [-0.2, -0.15) is 23.9 Å². The van der Waals surface area contributed by atoms with E-state index in [0.29, 0.717) is 31.9 Å². The molecule has 1 heterocycles. The van der Waals surface area contributed by atoms with Gasteiger partial charge in [-0.1, -0.05) is 31.7 Å². The average molecular weight is 849 g/mol. The first-order valence-corrected chi connectivity index (χ1v) is 21.5. The lowest BCUT2D eigenvalue weighted by Crippen LogP contribution is -2.27. The molecule has 0 aliphatic carbocycles. The summed E-state index contributed by atoms with van der Waals surface area (Å²) in [5.41, 5.74) is -1.49. The molecule has 21 heteroatoms. The van der Waals surface area contributed by atoms with E-state index in [-0.39, 0.29) is 51.5 Å². The first-order chi connectivity index (χ1) is 26.7. The highest BCUT2D eigenvalue weighted by molar-refractivity contribution is 7.97. The quantitative estimate of drug-likeness (QED) is 0.0180. The zero-order valence-corrected chi connectivity index (χ0v) is 34.4. The highest BCUT2D eigenvalue weighted by atomic mass is 32.2.